The summed E-state index contributed by atoms with van der Waals surface area (Å²) >= 11 is 7.64. The molecule has 3 aromatic rings. The van der Waals surface area contributed by atoms with Gasteiger partial charge in [-0.2, -0.15) is 0 Å². The van der Waals surface area contributed by atoms with Crippen LogP contribution in [0.4, 0.5) is 0 Å². The van der Waals surface area contributed by atoms with Crippen LogP contribution in [0.15, 0.2) is 79.0 Å². The number of hydrogen-bond donors (Lipinski definition) is 1. The summed E-state index contributed by atoms with van der Waals surface area (Å²) in [5.41, 5.74) is 3.29. The van der Waals surface area contributed by atoms with Crippen LogP contribution in [0.3, 0.4) is 0 Å². The van der Waals surface area contributed by atoms with Crippen LogP contribution in [-0.2, 0) is 11.2 Å². The van der Waals surface area contributed by atoms with E-state index in [2.05, 4.69) is 22.4 Å². The Bertz CT molecular complexity index is 841. The first-order valence-electron chi connectivity index (χ1n) is 8.81. The fraction of sp³-hybridized carbons (Fsp3) is 0.182. The standard InChI is InChI=1S/C22H21ClN2OS/c23-19-11-9-18(10-12-19)22(17-6-2-1-3-7-17)27-16-21(26)25-15-13-20-8-4-5-14-24-20/h1-12,14,22H,13,15-16H2,(H,25,26). The number of nitrogens with one attached hydrogen (secondary N) is 1. The molecule has 0 fully saturated rings. The molecule has 0 aliphatic rings. The molecule has 0 bridgehead atoms. The number of halogens is 1. The van der Waals surface area contributed by atoms with Crippen molar-refractivity contribution in [2.75, 3.05) is 12.3 Å². The van der Waals surface area contributed by atoms with Crippen LogP contribution >= 0.6 is 23.4 Å². The van der Waals surface area contributed by atoms with Crippen molar-refractivity contribution in [3.8, 4) is 0 Å². The molecule has 138 valence electrons. The molecule has 1 aromatic heterocycles. The molecule has 0 saturated heterocycles. The van der Waals surface area contributed by atoms with E-state index in [1.165, 1.54) is 5.56 Å². The van der Waals surface area contributed by atoms with E-state index in [0.29, 0.717) is 17.3 Å². The topological polar surface area (TPSA) is 42.0 Å². The van der Waals surface area contributed by atoms with Gasteiger partial charge in [0.25, 0.3) is 0 Å². The summed E-state index contributed by atoms with van der Waals surface area (Å²) in [6.45, 7) is 0.591. The summed E-state index contributed by atoms with van der Waals surface area (Å²) in [6.07, 6.45) is 2.50. The third-order valence-corrected chi connectivity index (χ3v) is 5.64. The molecule has 1 unspecified atom stereocenters. The minimum atomic E-state index is 0.0332. The molecular formula is C22H21ClN2OS. The van der Waals surface area contributed by atoms with Gasteiger partial charge in [-0.3, -0.25) is 9.78 Å². The Morgan fingerprint density at radius 1 is 0.963 bits per heavy atom. The highest BCUT2D eigenvalue weighted by molar-refractivity contribution is 8.00. The van der Waals surface area contributed by atoms with Gasteiger partial charge in [0.15, 0.2) is 0 Å². The summed E-state index contributed by atoms with van der Waals surface area (Å²) in [5.74, 6) is 0.426. The Morgan fingerprint density at radius 2 is 1.67 bits per heavy atom. The molecule has 0 spiro atoms. The number of hydrogen-bond acceptors (Lipinski definition) is 3. The molecule has 3 rings (SSSR count). The monoisotopic (exact) mass is 396 g/mol. The van der Waals surface area contributed by atoms with Crippen LogP contribution in [-0.4, -0.2) is 23.2 Å². The second-order valence-electron chi connectivity index (χ2n) is 6.07. The smallest absolute Gasteiger partial charge is 0.230 e. The van der Waals surface area contributed by atoms with Crippen LogP contribution < -0.4 is 5.32 Å². The first-order valence-corrected chi connectivity index (χ1v) is 10.2. The van der Waals surface area contributed by atoms with Crippen molar-refractivity contribution in [2.45, 2.75) is 11.7 Å². The highest BCUT2D eigenvalue weighted by atomic mass is 35.5. The predicted octanol–water partition coefficient (Wildman–Crippen LogP) is 4.92. The van der Waals surface area contributed by atoms with Crippen LogP contribution in [0.5, 0.6) is 0 Å². The van der Waals surface area contributed by atoms with Crippen LogP contribution in [0.1, 0.15) is 22.1 Å². The average molecular weight is 397 g/mol. The van der Waals surface area contributed by atoms with E-state index < -0.39 is 0 Å². The molecule has 1 N–H and O–H groups in total. The molecule has 27 heavy (non-hydrogen) atoms. The van der Waals surface area contributed by atoms with Crippen molar-refractivity contribution in [3.05, 3.63) is 101 Å². The lowest BCUT2D eigenvalue weighted by molar-refractivity contribution is -0.118. The average Bonchev–Trinajstić information content (AvgIpc) is 2.71. The molecule has 1 heterocycles. The fourth-order valence-electron chi connectivity index (χ4n) is 2.74. The maximum atomic E-state index is 12.3. The van der Waals surface area contributed by atoms with Gasteiger partial charge in [-0.05, 0) is 35.4 Å². The van der Waals surface area contributed by atoms with E-state index >= 15 is 0 Å². The van der Waals surface area contributed by atoms with Gasteiger partial charge in [0.05, 0.1) is 11.0 Å². The zero-order valence-corrected chi connectivity index (χ0v) is 16.4. The molecule has 1 amide bonds. The number of amides is 1. The number of rotatable bonds is 8. The zero-order valence-electron chi connectivity index (χ0n) is 14.8. The van der Waals surface area contributed by atoms with Gasteiger partial charge in [0, 0.05) is 29.9 Å². The van der Waals surface area contributed by atoms with Crippen molar-refractivity contribution in [2.24, 2.45) is 0 Å². The van der Waals surface area contributed by atoms with E-state index in [1.807, 2.05) is 60.7 Å². The van der Waals surface area contributed by atoms with Gasteiger partial charge in [0.1, 0.15) is 0 Å². The third kappa shape index (κ3) is 6.12. The van der Waals surface area contributed by atoms with Crippen molar-refractivity contribution in [1.82, 2.24) is 10.3 Å². The molecular weight excluding hydrogens is 376 g/mol. The van der Waals surface area contributed by atoms with Crippen LogP contribution in [0, 0.1) is 0 Å². The SMILES string of the molecule is O=C(CSC(c1ccccc1)c1ccc(Cl)cc1)NCCc1ccccn1. The summed E-state index contributed by atoms with van der Waals surface area (Å²) in [5, 5.41) is 3.78. The maximum absolute atomic E-state index is 12.3. The second-order valence-corrected chi connectivity index (χ2v) is 7.60. The minimum absolute atomic E-state index is 0.0332. The number of aromatic nitrogens is 1. The van der Waals surface area contributed by atoms with Gasteiger partial charge < -0.3 is 5.32 Å². The number of nitrogens with zero attached hydrogens (tertiary/aromatic N) is 1. The number of thioether (sulfide) groups is 1. The van der Waals surface area contributed by atoms with Gasteiger partial charge >= 0.3 is 0 Å². The number of carbonyl (C=O) groups is 1. The molecule has 0 saturated carbocycles. The lowest BCUT2D eigenvalue weighted by Crippen LogP contribution is -2.27. The zero-order chi connectivity index (χ0) is 18.9. The normalized spacial score (nSPS) is 11.7. The first-order chi connectivity index (χ1) is 13.2. The fourth-order valence-corrected chi connectivity index (χ4v) is 3.98. The minimum Gasteiger partial charge on any atom is -0.355 e. The quantitative estimate of drug-likeness (QED) is 0.587. The van der Waals surface area contributed by atoms with E-state index in [0.717, 1.165) is 17.7 Å². The lowest BCUT2D eigenvalue weighted by Gasteiger charge is -2.18. The first kappa shape index (κ1) is 19.5. The number of carbonyl (C=O) groups excluding carboxylic acids is 1. The predicted molar refractivity (Wildman–Crippen MR) is 113 cm³/mol. The highest BCUT2D eigenvalue weighted by Gasteiger charge is 2.16. The molecule has 3 nitrogen and oxygen atoms in total. The Morgan fingerprint density at radius 3 is 2.37 bits per heavy atom. The number of benzene rings is 2. The van der Waals surface area contributed by atoms with Gasteiger partial charge in [-0.15, -0.1) is 11.8 Å². The van der Waals surface area contributed by atoms with Gasteiger partial charge in [0.2, 0.25) is 5.91 Å². The largest absolute Gasteiger partial charge is 0.355 e. The lowest BCUT2D eigenvalue weighted by atomic mass is 10.0. The summed E-state index contributed by atoms with van der Waals surface area (Å²) < 4.78 is 0. The van der Waals surface area contributed by atoms with E-state index in [-0.39, 0.29) is 11.2 Å². The van der Waals surface area contributed by atoms with Gasteiger partial charge in [-0.1, -0.05) is 60.1 Å². The Labute approximate surface area is 169 Å². The molecule has 2 aromatic carbocycles. The maximum Gasteiger partial charge on any atom is 0.230 e. The summed E-state index contributed by atoms with van der Waals surface area (Å²) in [4.78, 5) is 16.5. The summed E-state index contributed by atoms with van der Waals surface area (Å²) in [6, 6.07) is 23.8. The van der Waals surface area contributed by atoms with Crippen molar-refractivity contribution in [3.63, 3.8) is 0 Å². The Hall–Kier alpha value is -2.30. The van der Waals surface area contributed by atoms with E-state index in [1.54, 1.807) is 18.0 Å². The van der Waals surface area contributed by atoms with Crippen LogP contribution in [0.25, 0.3) is 0 Å². The van der Waals surface area contributed by atoms with Gasteiger partial charge in [-0.25, -0.2) is 0 Å². The molecule has 0 aliphatic carbocycles. The van der Waals surface area contributed by atoms with E-state index in [4.69, 9.17) is 11.6 Å². The highest BCUT2D eigenvalue weighted by Crippen LogP contribution is 2.35. The molecule has 5 heteroatoms. The van der Waals surface area contributed by atoms with Crippen molar-refractivity contribution >= 4 is 29.3 Å². The molecule has 0 radical (unpaired) electrons. The second kappa shape index (κ2) is 10.1. The summed E-state index contributed by atoms with van der Waals surface area (Å²) in [7, 11) is 0. The Balaban J connectivity index is 1.57. The number of pyridine rings is 1. The van der Waals surface area contributed by atoms with Crippen LogP contribution in [0.2, 0.25) is 5.02 Å². The third-order valence-electron chi connectivity index (χ3n) is 4.09. The van der Waals surface area contributed by atoms with Crippen molar-refractivity contribution in [1.29, 1.82) is 0 Å². The van der Waals surface area contributed by atoms with E-state index in [9.17, 15) is 4.79 Å². The Kier molecular flexibility index (Phi) is 7.31. The molecule has 0 aliphatic heterocycles. The van der Waals surface area contributed by atoms with Crippen molar-refractivity contribution < 1.29 is 4.79 Å². The molecule has 1 atom stereocenters.